The Labute approximate surface area is 111 Å². The van der Waals surface area contributed by atoms with E-state index in [9.17, 15) is 13.2 Å². The van der Waals surface area contributed by atoms with E-state index >= 15 is 0 Å². The van der Waals surface area contributed by atoms with Gasteiger partial charge >= 0.3 is 0 Å². The highest BCUT2D eigenvalue weighted by atomic mass is 19.3. The molecule has 1 aliphatic carbocycles. The van der Waals surface area contributed by atoms with Gasteiger partial charge < -0.3 is 0 Å². The summed E-state index contributed by atoms with van der Waals surface area (Å²) >= 11 is 0. The summed E-state index contributed by atoms with van der Waals surface area (Å²) in [6.45, 7) is 1.77. The Kier molecular flexibility index (Phi) is 4.16. The van der Waals surface area contributed by atoms with Crippen molar-refractivity contribution in [2.75, 3.05) is 0 Å². The highest BCUT2D eigenvalue weighted by Crippen LogP contribution is 2.42. The largest absolute Gasteiger partial charge is 0.271 e. The molecular weight excluding hydrogens is 253 g/mol. The molecule has 1 aliphatic rings. The third-order valence-electron chi connectivity index (χ3n) is 3.90. The van der Waals surface area contributed by atoms with Crippen molar-refractivity contribution in [2.24, 2.45) is 11.8 Å². The molecule has 0 saturated heterocycles. The number of nitrogens with one attached hydrogen (secondary N) is 1. The van der Waals surface area contributed by atoms with Crippen LogP contribution >= 0.6 is 0 Å². The fraction of sp³-hybridized carbons (Fsp3) is 0.571. The fourth-order valence-electron chi connectivity index (χ4n) is 2.96. The lowest BCUT2D eigenvalue weighted by Crippen LogP contribution is -2.38. The summed E-state index contributed by atoms with van der Waals surface area (Å²) < 4.78 is 40.1. The van der Waals surface area contributed by atoms with Crippen molar-refractivity contribution < 1.29 is 13.2 Å². The van der Waals surface area contributed by atoms with Crippen molar-refractivity contribution >= 4 is 0 Å². The minimum absolute atomic E-state index is 0.0524. The standard InChI is InChI=1S/C14H19F3N2/c1-9-7-11(15)4-5-12(9)13(19-18)10-3-2-6-14(16,17)8-10/h4-5,7,10,13,19H,2-3,6,8,18H2,1H3. The quantitative estimate of drug-likeness (QED) is 0.653. The molecule has 2 unspecified atom stereocenters. The van der Waals surface area contributed by atoms with Crippen LogP contribution in [-0.4, -0.2) is 5.92 Å². The van der Waals surface area contributed by atoms with Crippen LogP contribution in [0.4, 0.5) is 13.2 Å². The van der Waals surface area contributed by atoms with Gasteiger partial charge in [-0.05, 0) is 48.9 Å². The molecule has 5 heteroatoms. The summed E-state index contributed by atoms with van der Waals surface area (Å²) in [5.41, 5.74) is 4.16. The van der Waals surface area contributed by atoms with E-state index in [1.165, 1.54) is 12.1 Å². The van der Waals surface area contributed by atoms with E-state index in [4.69, 9.17) is 5.84 Å². The van der Waals surface area contributed by atoms with Gasteiger partial charge in [0.05, 0.1) is 0 Å². The van der Waals surface area contributed by atoms with Crippen LogP contribution in [0, 0.1) is 18.7 Å². The molecule has 1 fully saturated rings. The van der Waals surface area contributed by atoms with Crippen molar-refractivity contribution in [3.63, 3.8) is 0 Å². The average Bonchev–Trinajstić information content (AvgIpc) is 2.31. The van der Waals surface area contributed by atoms with Gasteiger partial charge in [-0.2, -0.15) is 0 Å². The van der Waals surface area contributed by atoms with Gasteiger partial charge in [-0.15, -0.1) is 0 Å². The van der Waals surface area contributed by atoms with Crippen LogP contribution in [0.3, 0.4) is 0 Å². The minimum atomic E-state index is -2.62. The molecule has 0 aliphatic heterocycles. The molecule has 0 radical (unpaired) electrons. The summed E-state index contributed by atoms with van der Waals surface area (Å²) in [5, 5.41) is 0. The second-order valence-corrected chi connectivity index (χ2v) is 5.36. The summed E-state index contributed by atoms with van der Waals surface area (Å²) in [6, 6.07) is 4.02. The van der Waals surface area contributed by atoms with Crippen molar-refractivity contribution in [2.45, 2.75) is 44.6 Å². The van der Waals surface area contributed by atoms with Gasteiger partial charge in [0.15, 0.2) is 0 Å². The van der Waals surface area contributed by atoms with Crippen LogP contribution < -0.4 is 11.3 Å². The molecule has 3 N–H and O–H groups in total. The smallest absolute Gasteiger partial charge is 0.248 e. The Morgan fingerprint density at radius 2 is 2.16 bits per heavy atom. The first-order valence-corrected chi connectivity index (χ1v) is 6.53. The molecule has 106 valence electrons. The van der Waals surface area contributed by atoms with Crippen molar-refractivity contribution in [3.05, 3.63) is 35.1 Å². The summed E-state index contributed by atoms with van der Waals surface area (Å²) in [4.78, 5) is 0. The van der Waals surface area contributed by atoms with E-state index < -0.39 is 5.92 Å². The topological polar surface area (TPSA) is 38.0 Å². The first-order valence-electron chi connectivity index (χ1n) is 6.53. The zero-order chi connectivity index (χ0) is 14.0. The normalized spacial score (nSPS) is 24.2. The second-order valence-electron chi connectivity index (χ2n) is 5.36. The van der Waals surface area contributed by atoms with Gasteiger partial charge in [-0.3, -0.25) is 11.3 Å². The summed E-state index contributed by atoms with van der Waals surface area (Å²) in [6.07, 6.45) is 0.985. The molecule has 0 spiro atoms. The van der Waals surface area contributed by atoms with Crippen LogP contribution in [0.15, 0.2) is 18.2 Å². The van der Waals surface area contributed by atoms with E-state index in [-0.39, 0.29) is 30.6 Å². The Hall–Kier alpha value is -1.07. The van der Waals surface area contributed by atoms with Crippen LogP contribution in [0.1, 0.15) is 42.9 Å². The van der Waals surface area contributed by atoms with Crippen LogP contribution in [0.5, 0.6) is 0 Å². The number of benzene rings is 1. The van der Waals surface area contributed by atoms with E-state index in [0.717, 1.165) is 11.1 Å². The van der Waals surface area contributed by atoms with Crippen LogP contribution in [-0.2, 0) is 0 Å². The van der Waals surface area contributed by atoms with E-state index in [2.05, 4.69) is 5.43 Å². The molecular formula is C14H19F3N2. The molecule has 19 heavy (non-hydrogen) atoms. The molecule has 1 aromatic rings. The molecule has 1 saturated carbocycles. The number of hydrazine groups is 1. The number of hydrogen-bond donors (Lipinski definition) is 2. The van der Waals surface area contributed by atoms with Crippen LogP contribution in [0.2, 0.25) is 0 Å². The number of aryl methyl sites for hydroxylation is 1. The third-order valence-corrected chi connectivity index (χ3v) is 3.90. The molecule has 2 atom stereocenters. The molecule has 0 heterocycles. The Morgan fingerprint density at radius 3 is 2.74 bits per heavy atom. The SMILES string of the molecule is Cc1cc(F)ccc1C(NN)C1CCCC(F)(F)C1. The first-order chi connectivity index (χ1) is 8.93. The molecule has 2 nitrogen and oxygen atoms in total. The van der Waals surface area contributed by atoms with Crippen LogP contribution in [0.25, 0.3) is 0 Å². The molecule has 0 aromatic heterocycles. The lowest BCUT2D eigenvalue weighted by molar-refractivity contribution is -0.0584. The maximum Gasteiger partial charge on any atom is 0.248 e. The third kappa shape index (κ3) is 3.28. The predicted molar refractivity (Wildman–Crippen MR) is 68.1 cm³/mol. The van der Waals surface area contributed by atoms with Gasteiger partial charge in [-0.1, -0.05) is 6.07 Å². The van der Waals surface area contributed by atoms with Crippen molar-refractivity contribution in [1.82, 2.24) is 5.43 Å². The average molecular weight is 272 g/mol. The van der Waals surface area contributed by atoms with Gasteiger partial charge in [0, 0.05) is 18.9 Å². The maximum atomic E-state index is 13.5. The Balaban J connectivity index is 2.24. The van der Waals surface area contributed by atoms with Gasteiger partial charge in [-0.25, -0.2) is 13.2 Å². The molecule has 1 aromatic carbocycles. The minimum Gasteiger partial charge on any atom is -0.271 e. The van der Waals surface area contributed by atoms with Gasteiger partial charge in [0.1, 0.15) is 5.82 Å². The maximum absolute atomic E-state index is 13.5. The molecule has 0 amide bonds. The summed E-state index contributed by atoms with van der Waals surface area (Å²) in [5.74, 6) is 2.37. The molecule has 0 bridgehead atoms. The first kappa shape index (κ1) is 14.3. The van der Waals surface area contributed by atoms with Gasteiger partial charge in [0.2, 0.25) is 5.92 Å². The fourth-order valence-corrected chi connectivity index (χ4v) is 2.96. The zero-order valence-electron chi connectivity index (χ0n) is 10.9. The number of nitrogens with two attached hydrogens (primary N) is 1. The van der Waals surface area contributed by atoms with E-state index in [0.29, 0.717) is 12.8 Å². The lowest BCUT2D eigenvalue weighted by atomic mass is 9.79. The van der Waals surface area contributed by atoms with Gasteiger partial charge in [0.25, 0.3) is 0 Å². The monoisotopic (exact) mass is 272 g/mol. The number of alkyl halides is 2. The van der Waals surface area contributed by atoms with Crippen molar-refractivity contribution in [1.29, 1.82) is 0 Å². The highest BCUT2D eigenvalue weighted by Gasteiger charge is 2.39. The second kappa shape index (κ2) is 5.51. The summed E-state index contributed by atoms with van der Waals surface area (Å²) in [7, 11) is 0. The molecule has 2 rings (SSSR count). The van der Waals surface area contributed by atoms with E-state index in [1.807, 2.05) is 0 Å². The predicted octanol–water partition coefficient (Wildman–Crippen LogP) is 3.46. The number of halogens is 3. The zero-order valence-corrected chi connectivity index (χ0v) is 10.9. The Bertz CT molecular complexity index is 448. The van der Waals surface area contributed by atoms with Crippen molar-refractivity contribution in [3.8, 4) is 0 Å². The number of rotatable bonds is 3. The lowest BCUT2D eigenvalue weighted by Gasteiger charge is -2.34. The van der Waals surface area contributed by atoms with E-state index in [1.54, 1.807) is 13.0 Å². The Morgan fingerprint density at radius 1 is 1.42 bits per heavy atom. The highest BCUT2D eigenvalue weighted by molar-refractivity contribution is 5.30. The number of hydrogen-bond acceptors (Lipinski definition) is 2.